The zero-order valence-corrected chi connectivity index (χ0v) is 11.6. The molecule has 110 valence electrons. The Bertz CT molecular complexity index is 831. The van der Waals surface area contributed by atoms with E-state index in [1.807, 2.05) is 36.4 Å². The SMILES string of the molecule is O=c1cc(O)nc(-c2cc(COc3ccccc3)ccn2)[nH]1. The molecule has 2 aromatic heterocycles. The summed E-state index contributed by atoms with van der Waals surface area (Å²) in [5, 5.41) is 9.39. The topological polar surface area (TPSA) is 88.1 Å². The van der Waals surface area contributed by atoms with Gasteiger partial charge in [0.1, 0.15) is 18.1 Å². The van der Waals surface area contributed by atoms with Crippen LogP contribution in [0.3, 0.4) is 0 Å². The quantitative estimate of drug-likeness (QED) is 0.769. The smallest absolute Gasteiger partial charge is 0.255 e. The largest absolute Gasteiger partial charge is 0.493 e. The van der Waals surface area contributed by atoms with Crippen LogP contribution >= 0.6 is 0 Å². The first-order valence-corrected chi connectivity index (χ1v) is 6.64. The van der Waals surface area contributed by atoms with E-state index in [0.717, 1.165) is 17.4 Å². The average molecular weight is 295 g/mol. The molecule has 2 heterocycles. The second-order valence-electron chi connectivity index (χ2n) is 4.60. The molecule has 3 aromatic rings. The summed E-state index contributed by atoms with van der Waals surface area (Å²) >= 11 is 0. The minimum atomic E-state index is -0.435. The molecule has 6 nitrogen and oxygen atoms in total. The Hall–Kier alpha value is -3.15. The third-order valence-corrected chi connectivity index (χ3v) is 2.94. The van der Waals surface area contributed by atoms with Crippen LogP contribution in [0.25, 0.3) is 11.5 Å². The van der Waals surface area contributed by atoms with Gasteiger partial charge in [0.2, 0.25) is 5.88 Å². The van der Waals surface area contributed by atoms with Crippen molar-refractivity contribution in [2.75, 3.05) is 0 Å². The molecular weight excluding hydrogens is 282 g/mol. The fourth-order valence-corrected chi connectivity index (χ4v) is 1.94. The predicted octanol–water partition coefficient (Wildman–Crippen LogP) is 2.12. The molecule has 0 saturated heterocycles. The Morgan fingerprint density at radius 1 is 1.14 bits per heavy atom. The van der Waals surface area contributed by atoms with E-state index in [-0.39, 0.29) is 11.7 Å². The van der Waals surface area contributed by atoms with E-state index in [0.29, 0.717) is 12.3 Å². The molecule has 0 bridgehead atoms. The lowest BCUT2D eigenvalue weighted by Crippen LogP contribution is -2.07. The highest BCUT2D eigenvalue weighted by molar-refractivity contribution is 5.50. The Kier molecular flexibility index (Phi) is 3.82. The van der Waals surface area contributed by atoms with Crippen molar-refractivity contribution in [3.8, 4) is 23.1 Å². The van der Waals surface area contributed by atoms with Crippen molar-refractivity contribution < 1.29 is 9.84 Å². The van der Waals surface area contributed by atoms with Gasteiger partial charge in [-0.25, -0.2) is 0 Å². The van der Waals surface area contributed by atoms with Crippen molar-refractivity contribution in [2.24, 2.45) is 0 Å². The molecule has 0 saturated carbocycles. The molecule has 0 spiro atoms. The summed E-state index contributed by atoms with van der Waals surface area (Å²) in [6.45, 7) is 0.364. The van der Waals surface area contributed by atoms with Gasteiger partial charge in [0.15, 0.2) is 5.82 Å². The lowest BCUT2D eigenvalue weighted by molar-refractivity contribution is 0.306. The minimum Gasteiger partial charge on any atom is -0.493 e. The third kappa shape index (κ3) is 3.29. The lowest BCUT2D eigenvalue weighted by atomic mass is 10.2. The molecule has 0 aliphatic carbocycles. The van der Waals surface area contributed by atoms with Crippen molar-refractivity contribution >= 4 is 0 Å². The molecule has 0 aliphatic heterocycles. The summed E-state index contributed by atoms with van der Waals surface area (Å²) in [5.41, 5.74) is 0.900. The van der Waals surface area contributed by atoms with Crippen molar-refractivity contribution in [1.82, 2.24) is 15.0 Å². The summed E-state index contributed by atoms with van der Waals surface area (Å²) in [6.07, 6.45) is 1.60. The molecule has 22 heavy (non-hydrogen) atoms. The van der Waals surface area contributed by atoms with Gasteiger partial charge >= 0.3 is 0 Å². The minimum absolute atomic E-state index is 0.214. The molecular formula is C16H13N3O3. The maximum atomic E-state index is 11.4. The highest BCUT2D eigenvalue weighted by atomic mass is 16.5. The molecule has 1 aromatic carbocycles. The maximum Gasteiger partial charge on any atom is 0.255 e. The van der Waals surface area contributed by atoms with Crippen LogP contribution in [0.4, 0.5) is 0 Å². The molecule has 3 rings (SSSR count). The van der Waals surface area contributed by atoms with Crippen molar-refractivity contribution in [3.63, 3.8) is 0 Å². The van der Waals surface area contributed by atoms with E-state index in [2.05, 4.69) is 15.0 Å². The normalized spacial score (nSPS) is 10.4. The zero-order chi connectivity index (χ0) is 15.4. The van der Waals surface area contributed by atoms with E-state index in [4.69, 9.17) is 4.74 Å². The van der Waals surface area contributed by atoms with Crippen LogP contribution in [-0.2, 0) is 6.61 Å². The Balaban J connectivity index is 1.82. The zero-order valence-electron chi connectivity index (χ0n) is 11.6. The van der Waals surface area contributed by atoms with Gasteiger partial charge in [0, 0.05) is 6.20 Å². The molecule has 2 N–H and O–H groups in total. The second kappa shape index (κ2) is 6.09. The fraction of sp³-hybridized carbons (Fsp3) is 0.0625. The molecule has 0 amide bonds. The van der Waals surface area contributed by atoms with Crippen LogP contribution in [0.5, 0.6) is 11.6 Å². The summed E-state index contributed by atoms with van der Waals surface area (Å²) in [7, 11) is 0. The van der Waals surface area contributed by atoms with Gasteiger partial charge in [0.05, 0.1) is 6.07 Å². The summed E-state index contributed by atoms with van der Waals surface area (Å²) in [4.78, 5) is 21.9. The molecule has 0 atom stereocenters. The second-order valence-corrected chi connectivity index (χ2v) is 4.60. The first-order chi connectivity index (χ1) is 10.7. The number of H-pyrrole nitrogens is 1. The standard InChI is InChI=1S/C16H13N3O3/c20-14-9-15(21)19-16(18-14)13-8-11(6-7-17-13)10-22-12-4-2-1-3-5-12/h1-9H,10H2,(H2,18,19,20,21). The number of hydrogen-bond donors (Lipinski definition) is 2. The fourth-order valence-electron chi connectivity index (χ4n) is 1.94. The van der Waals surface area contributed by atoms with Crippen LogP contribution in [0, 0.1) is 0 Å². The van der Waals surface area contributed by atoms with E-state index >= 15 is 0 Å². The van der Waals surface area contributed by atoms with Gasteiger partial charge in [-0.3, -0.25) is 9.78 Å². The van der Waals surface area contributed by atoms with Crippen LogP contribution in [0.15, 0.2) is 59.5 Å². The molecule has 6 heteroatoms. The Morgan fingerprint density at radius 2 is 1.95 bits per heavy atom. The van der Waals surface area contributed by atoms with Gasteiger partial charge in [-0.05, 0) is 29.8 Å². The van der Waals surface area contributed by atoms with Gasteiger partial charge in [0.25, 0.3) is 5.56 Å². The first kappa shape index (κ1) is 13.8. The summed E-state index contributed by atoms with van der Waals surface area (Å²) in [6, 6.07) is 14.0. The number of para-hydroxylation sites is 1. The number of aromatic amines is 1. The highest BCUT2D eigenvalue weighted by Crippen LogP contribution is 2.16. The number of hydrogen-bond acceptors (Lipinski definition) is 5. The van der Waals surface area contributed by atoms with Gasteiger partial charge in [-0.1, -0.05) is 18.2 Å². The number of aromatic hydroxyl groups is 1. The van der Waals surface area contributed by atoms with Crippen LogP contribution in [0.2, 0.25) is 0 Å². The highest BCUT2D eigenvalue weighted by Gasteiger charge is 2.06. The van der Waals surface area contributed by atoms with Gasteiger partial charge in [-0.2, -0.15) is 4.98 Å². The Labute approximate surface area is 126 Å². The van der Waals surface area contributed by atoms with Crippen molar-refractivity contribution in [1.29, 1.82) is 0 Å². The predicted molar refractivity (Wildman–Crippen MR) is 80.5 cm³/mol. The summed E-state index contributed by atoms with van der Waals surface area (Å²) in [5.74, 6) is 0.641. The van der Waals surface area contributed by atoms with E-state index in [1.54, 1.807) is 12.3 Å². The van der Waals surface area contributed by atoms with Crippen molar-refractivity contribution in [3.05, 3.63) is 70.6 Å². The number of benzene rings is 1. The average Bonchev–Trinajstić information content (AvgIpc) is 2.53. The number of nitrogens with zero attached hydrogens (tertiary/aromatic N) is 2. The molecule has 0 aliphatic rings. The molecule has 0 unspecified atom stereocenters. The van der Waals surface area contributed by atoms with E-state index < -0.39 is 5.56 Å². The number of rotatable bonds is 4. The van der Waals surface area contributed by atoms with E-state index in [1.165, 1.54) is 0 Å². The van der Waals surface area contributed by atoms with Gasteiger partial charge < -0.3 is 14.8 Å². The third-order valence-electron chi connectivity index (χ3n) is 2.94. The number of aromatic nitrogens is 3. The lowest BCUT2D eigenvalue weighted by Gasteiger charge is -2.07. The van der Waals surface area contributed by atoms with Crippen LogP contribution < -0.4 is 10.3 Å². The van der Waals surface area contributed by atoms with Gasteiger partial charge in [-0.15, -0.1) is 0 Å². The molecule has 0 fully saturated rings. The van der Waals surface area contributed by atoms with Crippen molar-refractivity contribution in [2.45, 2.75) is 6.61 Å². The Morgan fingerprint density at radius 3 is 2.73 bits per heavy atom. The first-order valence-electron chi connectivity index (χ1n) is 6.64. The van der Waals surface area contributed by atoms with Crippen LogP contribution in [-0.4, -0.2) is 20.1 Å². The summed E-state index contributed by atoms with van der Waals surface area (Å²) < 4.78 is 5.66. The number of ether oxygens (including phenoxy) is 1. The maximum absolute atomic E-state index is 11.4. The monoisotopic (exact) mass is 295 g/mol. The number of pyridine rings is 1. The van der Waals surface area contributed by atoms with E-state index in [9.17, 15) is 9.90 Å². The number of nitrogens with one attached hydrogen (secondary N) is 1. The van der Waals surface area contributed by atoms with Crippen LogP contribution in [0.1, 0.15) is 5.56 Å². The molecule has 0 radical (unpaired) electrons.